The highest BCUT2D eigenvalue weighted by Crippen LogP contribution is 2.37. The zero-order chi connectivity index (χ0) is 13.1. The van der Waals surface area contributed by atoms with Gasteiger partial charge < -0.3 is 10.2 Å². The predicted octanol–water partition coefficient (Wildman–Crippen LogP) is 3.68. The first-order valence-electron chi connectivity index (χ1n) is 6.85. The van der Waals surface area contributed by atoms with Gasteiger partial charge in [-0.1, -0.05) is 18.5 Å². The molecule has 18 heavy (non-hydrogen) atoms. The molecule has 0 radical (unpaired) electrons. The molecule has 0 amide bonds. The lowest BCUT2D eigenvalue weighted by Crippen LogP contribution is -2.31. The fourth-order valence-electron chi connectivity index (χ4n) is 2.41. The van der Waals surface area contributed by atoms with Crippen LogP contribution in [0.25, 0.3) is 0 Å². The molecule has 0 spiro atoms. The minimum absolute atomic E-state index is 0.617. The van der Waals surface area contributed by atoms with Crippen LogP contribution in [-0.2, 0) is 6.54 Å². The highest BCUT2D eigenvalue weighted by molar-refractivity contribution is 6.30. The summed E-state index contributed by atoms with van der Waals surface area (Å²) in [7, 11) is 2.20. The van der Waals surface area contributed by atoms with Crippen LogP contribution < -0.4 is 10.2 Å². The van der Waals surface area contributed by atoms with Gasteiger partial charge in [0.05, 0.1) is 0 Å². The van der Waals surface area contributed by atoms with E-state index in [1.807, 2.05) is 6.07 Å². The van der Waals surface area contributed by atoms with Crippen molar-refractivity contribution in [3.8, 4) is 0 Å². The quantitative estimate of drug-likeness (QED) is 0.845. The average Bonchev–Trinajstić information content (AvgIpc) is 3.19. The van der Waals surface area contributed by atoms with Crippen molar-refractivity contribution in [3.05, 3.63) is 28.8 Å². The topological polar surface area (TPSA) is 15.3 Å². The molecule has 1 unspecified atom stereocenters. The Hall–Kier alpha value is -0.730. The Morgan fingerprint density at radius 2 is 2.17 bits per heavy atom. The van der Waals surface area contributed by atoms with Gasteiger partial charge >= 0.3 is 0 Å². The summed E-state index contributed by atoms with van der Waals surface area (Å²) < 4.78 is 0. The highest BCUT2D eigenvalue weighted by atomic mass is 35.5. The van der Waals surface area contributed by atoms with E-state index in [0.29, 0.717) is 6.04 Å². The van der Waals surface area contributed by atoms with Crippen molar-refractivity contribution >= 4 is 17.3 Å². The number of rotatable bonds is 6. The van der Waals surface area contributed by atoms with Crippen LogP contribution >= 0.6 is 11.6 Å². The molecule has 1 atom stereocenters. The van der Waals surface area contributed by atoms with Crippen LogP contribution in [0.4, 0.5) is 5.69 Å². The van der Waals surface area contributed by atoms with E-state index in [2.05, 4.69) is 43.2 Å². The van der Waals surface area contributed by atoms with Gasteiger partial charge in [0, 0.05) is 30.3 Å². The maximum absolute atomic E-state index is 6.11. The largest absolute Gasteiger partial charge is 0.371 e. The lowest BCUT2D eigenvalue weighted by atomic mass is 10.1. The Morgan fingerprint density at radius 1 is 1.44 bits per heavy atom. The summed E-state index contributed by atoms with van der Waals surface area (Å²) in [6, 6.07) is 6.83. The Kier molecular flexibility index (Phi) is 4.52. The lowest BCUT2D eigenvalue weighted by molar-refractivity contribution is 0.605. The molecule has 1 aromatic rings. The lowest BCUT2D eigenvalue weighted by Gasteiger charge is -2.29. The molecule has 1 N–H and O–H groups in total. The Morgan fingerprint density at radius 3 is 2.78 bits per heavy atom. The zero-order valence-corrected chi connectivity index (χ0v) is 12.3. The summed E-state index contributed by atoms with van der Waals surface area (Å²) in [4.78, 5) is 2.40. The normalized spacial score (nSPS) is 16.7. The molecule has 0 aromatic heterocycles. The SMILES string of the molecule is CCNCc1cc(Cl)ccc1N(C)C(C)C1CC1. The molecule has 100 valence electrons. The molecule has 1 aliphatic rings. The van der Waals surface area contributed by atoms with Crippen LogP contribution in [0.1, 0.15) is 32.3 Å². The standard InChI is InChI=1S/C15H23ClN2/c1-4-17-10-13-9-14(16)7-8-15(13)18(3)11(2)12-5-6-12/h7-9,11-12,17H,4-6,10H2,1-3H3. The van der Waals surface area contributed by atoms with E-state index in [0.717, 1.165) is 24.0 Å². The molecule has 1 saturated carbocycles. The van der Waals surface area contributed by atoms with Crippen molar-refractivity contribution in [2.45, 2.75) is 39.3 Å². The van der Waals surface area contributed by atoms with E-state index in [1.165, 1.54) is 24.1 Å². The Labute approximate surface area is 115 Å². The van der Waals surface area contributed by atoms with Crippen LogP contribution in [0.15, 0.2) is 18.2 Å². The predicted molar refractivity (Wildman–Crippen MR) is 79.4 cm³/mol. The van der Waals surface area contributed by atoms with Gasteiger partial charge in [0.2, 0.25) is 0 Å². The van der Waals surface area contributed by atoms with Crippen molar-refractivity contribution in [1.29, 1.82) is 0 Å². The number of nitrogens with one attached hydrogen (secondary N) is 1. The first-order valence-corrected chi connectivity index (χ1v) is 7.23. The van der Waals surface area contributed by atoms with E-state index < -0.39 is 0 Å². The summed E-state index contributed by atoms with van der Waals surface area (Å²) in [6.45, 7) is 6.31. The zero-order valence-electron chi connectivity index (χ0n) is 11.5. The van der Waals surface area contributed by atoms with Crippen LogP contribution in [-0.4, -0.2) is 19.6 Å². The third-order valence-electron chi connectivity index (χ3n) is 3.90. The highest BCUT2D eigenvalue weighted by Gasteiger charge is 2.31. The number of hydrogen-bond donors (Lipinski definition) is 1. The summed E-state index contributed by atoms with van der Waals surface area (Å²) in [5, 5.41) is 4.20. The monoisotopic (exact) mass is 266 g/mol. The molecule has 0 aliphatic heterocycles. The van der Waals surface area contributed by atoms with Crippen molar-refractivity contribution in [2.75, 3.05) is 18.5 Å². The maximum Gasteiger partial charge on any atom is 0.0412 e. The summed E-state index contributed by atoms with van der Waals surface area (Å²) in [6.07, 6.45) is 2.75. The number of nitrogens with zero attached hydrogens (tertiary/aromatic N) is 1. The van der Waals surface area contributed by atoms with Crippen LogP contribution in [0.3, 0.4) is 0 Å². The van der Waals surface area contributed by atoms with Crippen molar-refractivity contribution in [1.82, 2.24) is 5.32 Å². The van der Waals surface area contributed by atoms with Crippen molar-refractivity contribution in [2.24, 2.45) is 5.92 Å². The molecular formula is C15H23ClN2. The van der Waals surface area contributed by atoms with Crippen molar-refractivity contribution in [3.63, 3.8) is 0 Å². The van der Waals surface area contributed by atoms with E-state index in [4.69, 9.17) is 11.6 Å². The van der Waals surface area contributed by atoms with E-state index >= 15 is 0 Å². The number of anilines is 1. The molecule has 1 fully saturated rings. The van der Waals surface area contributed by atoms with Gasteiger partial charge in [-0.3, -0.25) is 0 Å². The fourth-order valence-corrected chi connectivity index (χ4v) is 2.61. The second kappa shape index (κ2) is 5.94. The molecule has 0 bridgehead atoms. The van der Waals surface area contributed by atoms with Crippen LogP contribution in [0, 0.1) is 5.92 Å². The molecule has 1 aliphatic carbocycles. The van der Waals surface area contributed by atoms with Gasteiger partial charge in [0.15, 0.2) is 0 Å². The van der Waals surface area contributed by atoms with Gasteiger partial charge in [0.25, 0.3) is 0 Å². The van der Waals surface area contributed by atoms with Gasteiger partial charge in [-0.25, -0.2) is 0 Å². The first kappa shape index (κ1) is 13.7. The summed E-state index contributed by atoms with van der Waals surface area (Å²) in [5.74, 6) is 0.873. The van der Waals surface area contributed by atoms with Crippen LogP contribution in [0.2, 0.25) is 5.02 Å². The third-order valence-corrected chi connectivity index (χ3v) is 4.14. The van der Waals surface area contributed by atoms with E-state index in [-0.39, 0.29) is 0 Å². The molecular weight excluding hydrogens is 244 g/mol. The van der Waals surface area contributed by atoms with E-state index in [9.17, 15) is 0 Å². The number of halogens is 1. The molecule has 0 heterocycles. The molecule has 3 heteroatoms. The summed E-state index contributed by atoms with van der Waals surface area (Å²) in [5.41, 5.74) is 2.60. The minimum Gasteiger partial charge on any atom is -0.371 e. The molecule has 2 nitrogen and oxygen atoms in total. The van der Waals surface area contributed by atoms with Gasteiger partial charge in [-0.2, -0.15) is 0 Å². The Bertz CT molecular complexity index is 401. The summed E-state index contributed by atoms with van der Waals surface area (Å²) >= 11 is 6.11. The van der Waals surface area contributed by atoms with Crippen LogP contribution in [0.5, 0.6) is 0 Å². The first-order chi connectivity index (χ1) is 8.63. The second-order valence-corrected chi connectivity index (χ2v) is 5.68. The third kappa shape index (κ3) is 3.18. The van der Waals surface area contributed by atoms with Gasteiger partial charge in [-0.15, -0.1) is 0 Å². The smallest absolute Gasteiger partial charge is 0.0412 e. The number of hydrogen-bond acceptors (Lipinski definition) is 2. The Balaban J connectivity index is 2.18. The number of benzene rings is 1. The van der Waals surface area contributed by atoms with Gasteiger partial charge in [0.1, 0.15) is 0 Å². The second-order valence-electron chi connectivity index (χ2n) is 5.24. The van der Waals surface area contributed by atoms with Gasteiger partial charge in [-0.05, 0) is 56.0 Å². The van der Waals surface area contributed by atoms with Crippen molar-refractivity contribution < 1.29 is 0 Å². The fraction of sp³-hybridized carbons (Fsp3) is 0.600. The molecule has 2 rings (SSSR count). The molecule has 0 saturated heterocycles. The van der Waals surface area contributed by atoms with E-state index in [1.54, 1.807) is 0 Å². The maximum atomic E-state index is 6.11. The molecule has 1 aromatic carbocycles. The average molecular weight is 267 g/mol. The minimum atomic E-state index is 0.617.